The molecule has 0 unspecified atom stereocenters. The van der Waals surface area contributed by atoms with Gasteiger partial charge >= 0.3 is 0 Å². The third-order valence-corrected chi connectivity index (χ3v) is 2.10. The average molecular weight is 191 g/mol. The quantitative estimate of drug-likeness (QED) is 0.502. The highest BCUT2D eigenvalue weighted by Gasteiger charge is 2.00. The number of fused-ring (bicyclic) bond motifs is 1. The Morgan fingerprint density at radius 3 is 2.77 bits per heavy atom. The van der Waals surface area contributed by atoms with Crippen LogP contribution in [0.25, 0.3) is 11.6 Å². The Morgan fingerprint density at radius 1 is 1.31 bits per heavy atom. The summed E-state index contributed by atoms with van der Waals surface area (Å²) in [5, 5.41) is 1.95. The Bertz CT molecular complexity index is 497. The first kappa shape index (κ1) is 8.27. The topological polar surface area (TPSA) is 17.1 Å². The maximum Gasteiger partial charge on any atom is 0.245 e. The molecule has 0 N–H and O–H groups in total. The fourth-order valence-corrected chi connectivity index (χ4v) is 1.41. The molecule has 0 spiro atoms. The molecule has 0 atom stereocenters. The summed E-state index contributed by atoms with van der Waals surface area (Å²) in [5.74, 6) is 0. The number of benzene rings is 1. The van der Waals surface area contributed by atoms with Crippen molar-refractivity contribution in [3.8, 4) is 0 Å². The van der Waals surface area contributed by atoms with Crippen molar-refractivity contribution in [3.05, 3.63) is 46.9 Å². The molecule has 0 saturated heterocycles. The highest BCUT2D eigenvalue weighted by molar-refractivity contribution is 6.66. The minimum Gasteiger partial charge on any atom is -0.276 e. The van der Waals surface area contributed by atoms with Gasteiger partial charge in [0.05, 0.1) is 0 Å². The predicted octanol–water partition coefficient (Wildman–Crippen LogP) is 0.953. The second kappa shape index (κ2) is 3.19. The third kappa shape index (κ3) is 1.56. The Labute approximate surface area is 80.6 Å². The number of halogens is 1. The van der Waals surface area contributed by atoms with Crippen molar-refractivity contribution in [1.82, 2.24) is 0 Å². The molecule has 1 aromatic rings. The van der Waals surface area contributed by atoms with Gasteiger partial charge in [-0.1, -0.05) is 24.3 Å². The van der Waals surface area contributed by atoms with Crippen LogP contribution in [0.4, 0.5) is 0 Å². The van der Waals surface area contributed by atoms with Crippen LogP contribution < -0.4 is 10.4 Å². The summed E-state index contributed by atoms with van der Waals surface area (Å²) in [5.41, 5.74) is 1.06. The molecule has 0 saturated carbocycles. The Morgan fingerprint density at radius 2 is 2.08 bits per heavy atom. The molecule has 0 amide bonds. The van der Waals surface area contributed by atoms with Crippen LogP contribution in [0.2, 0.25) is 0 Å². The lowest BCUT2D eigenvalue weighted by Crippen LogP contribution is -2.32. The molecule has 0 aliphatic heterocycles. The summed E-state index contributed by atoms with van der Waals surface area (Å²) in [7, 11) is 0. The normalized spacial score (nSPS) is 13.5. The van der Waals surface area contributed by atoms with Crippen molar-refractivity contribution in [2.24, 2.45) is 0 Å². The van der Waals surface area contributed by atoms with Crippen molar-refractivity contribution in [1.29, 1.82) is 0 Å². The molecule has 1 aromatic carbocycles. The number of hydrogen-bond donors (Lipinski definition) is 0. The van der Waals surface area contributed by atoms with Crippen molar-refractivity contribution in [2.45, 2.75) is 0 Å². The zero-order chi connectivity index (χ0) is 9.26. The molecule has 0 heterocycles. The summed E-state index contributed by atoms with van der Waals surface area (Å²) >= 11 is 5.18. The monoisotopic (exact) mass is 190 g/mol. The van der Waals surface area contributed by atoms with E-state index in [1.807, 2.05) is 30.3 Å². The number of allylic oxidation sites excluding steroid dienone is 2. The SMILES string of the molecule is O=C(Cl)C=CC1=c2ccccc2=C1. The Balaban J connectivity index is 2.40. The molecule has 1 aliphatic rings. The highest BCUT2D eigenvalue weighted by atomic mass is 35.5. The van der Waals surface area contributed by atoms with Crippen LogP contribution >= 0.6 is 11.6 Å². The molecule has 0 bridgehead atoms. The van der Waals surface area contributed by atoms with Gasteiger partial charge in [0.2, 0.25) is 5.24 Å². The van der Waals surface area contributed by atoms with Gasteiger partial charge in [-0.25, -0.2) is 0 Å². The third-order valence-electron chi connectivity index (χ3n) is 1.98. The molecule has 0 radical (unpaired) electrons. The van der Waals surface area contributed by atoms with E-state index < -0.39 is 5.24 Å². The lowest BCUT2D eigenvalue weighted by molar-refractivity contribution is -0.107. The molecule has 0 aromatic heterocycles. The van der Waals surface area contributed by atoms with Gasteiger partial charge in [0.1, 0.15) is 0 Å². The van der Waals surface area contributed by atoms with Crippen molar-refractivity contribution in [3.63, 3.8) is 0 Å². The summed E-state index contributed by atoms with van der Waals surface area (Å²) in [6.07, 6.45) is 5.12. The lowest BCUT2D eigenvalue weighted by Gasteiger charge is -2.04. The minimum atomic E-state index is -0.440. The van der Waals surface area contributed by atoms with Crippen LogP contribution in [-0.2, 0) is 4.79 Å². The fourth-order valence-electron chi connectivity index (χ4n) is 1.35. The second-order valence-electron chi connectivity index (χ2n) is 2.82. The summed E-state index contributed by atoms with van der Waals surface area (Å²) in [6, 6.07) is 8.02. The van der Waals surface area contributed by atoms with E-state index in [4.69, 9.17) is 11.6 Å². The van der Waals surface area contributed by atoms with E-state index in [0.717, 1.165) is 5.57 Å². The van der Waals surface area contributed by atoms with E-state index in [1.165, 1.54) is 16.5 Å². The molecule has 64 valence electrons. The zero-order valence-electron chi connectivity index (χ0n) is 6.83. The molecule has 13 heavy (non-hydrogen) atoms. The van der Waals surface area contributed by atoms with Crippen LogP contribution in [-0.4, -0.2) is 5.24 Å². The largest absolute Gasteiger partial charge is 0.276 e. The highest BCUT2D eigenvalue weighted by Crippen LogP contribution is 2.02. The second-order valence-corrected chi connectivity index (χ2v) is 3.20. The lowest BCUT2D eigenvalue weighted by atomic mass is 10.0. The van der Waals surface area contributed by atoms with Gasteiger partial charge in [-0.3, -0.25) is 4.79 Å². The first-order valence-electron chi connectivity index (χ1n) is 3.96. The van der Waals surface area contributed by atoms with Gasteiger partial charge in [-0.05, 0) is 45.8 Å². The van der Waals surface area contributed by atoms with Gasteiger partial charge < -0.3 is 0 Å². The maximum atomic E-state index is 10.5. The van der Waals surface area contributed by atoms with Crippen LogP contribution in [0, 0.1) is 0 Å². The molecule has 2 heteroatoms. The zero-order valence-corrected chi connectivity index (χ0v) is 7.58. The van der Waals surface area contributed by atoms with Crippen molar-refractivity contribution >= 4 is 28.5 Å². The van der Waals surface area contributed by atoms with Gasteiger partial charge in [-0.2, -0.15) is 0 Å². The van der Waals surface area contributed by atoms with Gasteiger partial charge in [0.25, 0.3) is 0 Å². The minimum absolute atomic E-state index is 0.440. The predicted molar refractivity (Wildman–Crippen MR) is 53.6 cm³/mol. The number of carbonyl (C=O) groups excluding carboxylic acids is 1. The molecule has 0 fully saturated rings. The molecule has 1 nitrogen and oxygen atoms in total. The van der Waals surface area contributed by atoms with Gasteiger partial charge in [-0.15, -0.1) is 0 Å². The van der Waals surface area contributed by atoms with Crippen molar-refractivity contribution in [2.75, 3.05) is 0 Å². The van der Waals surface area contributed by atoms with Gasteiger partial charge in [0, 0.05) is 0 Å². The summed E-state index contributed by atoms with van der Waals surface area (Å²) in [4.78, 5) is 10.5. The molecule has 2 rings (SSSR count). The molecule has 1 aliphatic carbocycles. The average Bonchev–Trinajstić information content (AvgIpc) is 2.06. The molecular formula is C11H7ClO. The van der Waals surface area contributed by atoms with E-state index in [0.29, 0.717) is 0 Å². The van der Waals surface area contributed by atoms with E-state index in [1.54, 1.807) is 6.08 Å². The van der Waals surface area contributed by atoms with Crippen molar-refractivity contribution < 1.29 is 4.79 Å². The first-order valence-corrected chi connectivity index (χ1v) is 4.34. The molecular weight excluding hydrogens is 184 g/mol. The van der Waals surface area contributed by atoms with Crippen LogP contribution in [0.1, 0.15) is 0 Å². The van der Waals surface area contributed by atoms with E-state index in [2.05, 4.69) is 0 Å². The van der Waals surface area contributed by atoms with Crippen LogP contribution in [0.15, 0.2) is 36.4 Å². The number of carbonyl (C=O) groups is 1. The number of rotatable bonds is 2. The van der Waals surface area contributed by atoms with Gasteiger partial charge in [0.15, 0.2) is 0 Å². The summed E-state index contributed by atoms with van der Waals surface area (Å²) in [6.45, 7) is 0. The van der Waals surface area contributed by atoms with Crippen LogP contribution in [0.3, 0.4) is 0 Å². The Hall–Kier alpha value is -1.34. The van der Waals surface area contributed by atoms with Crippen LogP contribution in [0.5, 0.6) is 0 Å². The first-order chi connectivity index (χ1) is 6.27. The smallest absolute Gasteiger partial charge is 0.245 e. The standard InChI is InChI=1S/C11H7ClO/c12-11(13)6-5-9-7-8-3-1-2-4-10(8)9/h1-7H. The van der Waals surface area contributed by atoms with E-state index in [-0.39, 0.29) is 0 Å². The summed E-state index contributed by atoms with van der Waals surface area (Å²) < 4.78 is 0. The Kier molecular flexibility index (Phi) is 2.03. The number of hydrogen-bond acceptors (Lipinski definition) is 1. The van der Waals surface area contributed by atoms with E-state index in [9.17, 15) is 4.79 Å². The maximum absolute atomic E-state index is 10.5. The van der Waals surface area contributed by atoms with E-state index >= 15 is 0 Å². The fraction of sp³-hybridized carbons (Fsp3) is 0.